The normalized spacial score (nSPS) is 17.2. The molecule has 1 aromatic carbocycles. The van der Waals surface area contributed by atoms with E-state index in [1.54, 1.807) is 0 Å². The Hall–Kier alpha value is -0.860. The monoisotopic (exact) mass is 274 g/mol. The number of benzene rings is 1. The summed E-state index contributed by atoms with van der Waals surface area (Å²) in [5, 5.41) is 3.49. The Balaban J connectivity index is 1.94. The van der Waals surface area contributed by atoms with Crippen molar-refractivity contribution in [2.45, 2.75) is 45.6 Å². The van der Waals surface area contributed by atoms with Gasteiger partial charge in [0.25, 0.3) is 0 Å². The third-order valence-electron chi connectivity index (χ3n) is 4.77. The first-order valence-electron chi connectivity index (χ1n) is 8.25. The van der Waals surface area contributed by atoms with Gasteiger partial charge >= 0.3 is 0 Å². The number of likely N-dealkylation sites (N-methyl/N-ethyl adjacent to an activating group) is 2. The molecule has 1 aromatic rings. The van der Waals surface area contributed by atoms with Crippen LogP contribution in [0.5, 0.6) is 0 Å². The van der Waals surface area contributed by atoms with Gasteiger partial charge in [-0.2, -0.15) is 0 Å². The van der Waals surface area contributed by atoms with E-state index in [-0.39, 0.29) is 0 Å². The molecule has 20 heavy (non-hydrogen) atoms. The zero-order valence-corrected chi connectivity index (χ0v) is 13.4. The van der Waals surface area contributed by atoms with Crippen molar-refractivity contribution in [3.63, 3.8) is 0 Å². The van der Waals surface area contributed by atoms with Crippen molar-refractivity contribution in [2.75, 3.05) is 26.7 Å². The van der Waals surface area contributed by atoms with Gasteiger partial charge in [-0.05, 0) is 49.9 Å². The second kappa shape index (κ2) is 7.80. The van der Waals surface area contributed by atoms with E-state index in [1.807, 2.05) is 0 Å². The van der Waals surface area contributed by atoms with Crippen molar-refractivity contribution in [3.05, 3.63) is 35.4 Å². The van der Waals surface area contributed by atoms with E-state index in [2.05, 4.69) is 55.4 Å². The molecule has 0 amide bonds. The molecule has 1 N–H and O–H groups in total. The van der Waals surface area contributed by atoms with Crippen LogP contribution in [0.25, 0.3) is 0 Å². The molecule has 1 aliphatic carbocycles. The molecule has 0 heterocycles. The molecule has 2 rings (SSSR count). The van der Waals surface area contributed by atoms with E-state index in [0.29, 0.717) is 6.04 Å². The highest BCUT2D eigenvalue weighted by Gasteiger charge is 2.21. The van der Waals surface area contributed by atoms with Crippen LogP contribution in [-0.4, -0.2) is 31.6 Å². The first kappa shape index (κ1) is 15.5. The third kappa shape index (κ3) is 4.07. The predicted molar refractivity (Wildman–Crippen MR) is 87.1 cm³/mol. The van der Waals surface area contributed by atoms with Crippen molar-refractivity contribution >= 4 is 0 Å². The summed E-state index contributed by atoms with van der Waals surface area (Å²) in [5.41, 5.74) is 2.84. The number of nitrogens with one attached hydrogen (secondary N) is 1. The molecule has 112 valence electrons. The highest BCUT2D eigenvalue weighted by molar-refractivity contribution is 5.25. The molecule has 1 unspecified atom stereocenters. The third-order valence-corrected chi connectivity index (χ3v) is 4.77. The molecule has 0 radical (unpaired) electrons. The standard InChI is InChI=1S/C18H30N2/c1-4-15-9-11-17(12-10-15)18(19-3)14-20(5-2)13-16-7-6-8-16/h9-12,16,18-19H,4-8,13-14H2,1-3H3. The topological polar surface area (TPSA) is 15.3 Å². The summed E-state index contributed by atoms with van der Waals surface area (Å²) in [6.07, 6.45) is 5.43. The number of rotatable bonds is 8. The maximum Gasteiger partial charge on any atom is 0.0446 e. The van der Waals surface area contributed by atoms with Crippen LogP contribution in [0.2, 0.25) is 0 Å². The summed E-state index contributed by atoms with van der Waals surface area (Å²) >= 11 is 0. The lowest BCUT2D eigenvalue weighted by Crippen LogP contribution is -2.38. The summed E-state index contributed by atoms with van der Waals surface area (Å²) in [4.78, 5) is 2.61. The summed E-state index contributed by atoms with van der Waals surface area (Å²) in [7, 11) is 2.08. The second-order valence-corrected chi connectivity index (χ2v) is 6.09. The van der Waals surface area contributed by atoms with E-state index in [0.717, 1.165) is 25.4 Å². The zero-order chi connectivity index (χ0) is 14.4. The quantitative estimate of drug-likeness (QED) is 0.778. The van der Waals surface area contributed by atoms with Crippen molar-refractivity contribution < 1.29 is 0 Å². The van der Waals surface area contributed by atoms with Crippen molar-refractivity contribution in [3.8, 4) is 0 Å². The number of hydrogen-bond acceptors (Lipinski definition) is 2. The van der Waals surface area contributed by atoms with Gasteiger partial charge in [0, 0.05) is 19.1 Å². The van der Waals surface area contributed by atoms with Crippen LogP contribution in [0.3, 0.4) is 0 Å². The Morgan fingerprint density at radius 2 is 1.90 bits per heavy atom. The van der Waals surface area contributed by atoms with Gasteiger partial charge in [0.05, 0.1) is 0 Å². The SMILES string of the molecule is CCc1ccc(C(CN(CC)CC2CCC2)NC)cc1. The minimum absolute atomic E-state index is 0.445. The first-order chi connectivity index (χ1) is 9.76. The predicted octanol–water partition coefficient (Wildman–Crippen LogP) is 3.63. The average Bonchev–Trinajstić information content (AvgIpc) is 2.46. The number of hydrogen-bond donors (Lipinski definition) is 1. The summed E-state index contributed by atoms with van der Waals surface area (Å²) < 4.78 is 0. The molecule has 1 fully saturated rings. The molecule has 1 saturated carbocycles. The van der Waals surface area contributed by atoms with Gasteiger partial charge in [0.15, 0.2) is 0 Å². The smallest absolute Gasteiger partial charge is 0.0446 e. The van der Waals surface area contributed by atoms with Gasteiger partial charge in [0.2, 0.25) is 0 Å². The van der Waals surface area contributed by atoms with Crippen molar-refractivity contribution in [2.24, 2.45) is 5.92 Å². The van der Waals surface area contributed by atoms with E-state index in [4.69, 9.17) is 0 Å². The lowest BCUT2D eigenvalue weighted by molar-refractivity contribution is 0.172. The first-order valence-corrected chi connectivity index (χ1v) is 8.25. The Kier molecular flexibility index (Phi) is 6.06. The highest BCUT2D eigenvalue weighted by atomic mass is 15.1. The van der Waals surface area contributed by atoms with Crippen LogP contribution in [0.4, 0.5) is 0 Å². The van der Waals surface area contributed by atoms with E-state index < -0.39 is 0 Å². The molecular weight excluding hydrogens is 244 g/mol. The van der Waals surface area contributed by atoms with E-state index >= 15 is 0 Å². The van der Waals surface area contributed by atoms with E-state index in [1.165, 1.54) is 36.9 Å². The highest BCUT2D eigenvalue weighted by Crippen LogP contribution is 2.27. The fourth-order valence-electron chi connectivity index (χ4n) is 2.98. The molecule has 0 bridgehead atoms. The van der Waals surface area contributed by atoms with E-state index in [9.17, 15) is 0 Å². The number of aryl methyl sites for hydroxylation is 1. The Morgan fingerprint density at radius 3 is 2.35 bits per heavy atom. The average molecular weight is 274 g/mol. The maximum absolute atomic E-state index is 3.49. The van der Waals surface area contributed by atoms with Crippen molar-refractivity contribution in [1.29, 1.82) is 0 Å². The largest absolute Gasteiger partial charge is 0.312 e. The molecule has 0 aliphatic heterocycles. The molecule has 1 aliphatic rings. The lowest BCUT2D eigenvalue weighted by atomic mass is 9.85. The molecule has 1 atom stereocenters. The molecule has 0 spiro atoms. The Bertz CT molecular complexity index is 381. The maximum atomic E-state index is 3.49. The molecular formula is C18H30N2. The zero-order valence-electron chi connectivity index (χ0n) is 13.4. The minimum Gasteiger partial charge on any atom is -0.312 e. The molecule has 2 heteroatoms. The molecule has 0 aromatic heterocycles. The minimum atomic E-state index is 0.445. The van der Waals surface area contributed by atoms with Gasteiger partial charge in [-0.1, -0.05) is 44.5 Å². The van der Waals surface area contributed by atoms with Gasteiger partial charge in [-0.25, -0.2) is 0 Å². The van der Waals surface area contributed by atoms with Crippen LogP contribution in [0.15, 0.2) is 24.3 Å². The summed E-state index contributed by atoms with van der Waals surface area (Å²) in [5.74, 6) is 0.954. The Labute approximate surface area is 124 Å². The fourth-order valence-corrected chi connectivity index (χ4v) is 2.98. The van der Waals surface area contributed by atoms with Crippen molar-refractivity contribution in [1.82, 2.24) is 10.2 Å². The van der Waals surface area contributed by atoms with Gasteiger partial charge in [-0.3, -0.25) is 0 Å². The molecule has 0 saturated heterocycles. The summed E-state index contributed by atoms with van der Waals surface area (Å²) in [6.45, 7) is 8.05. The van der Waals surface area contributed by atoms with Crippen LogP contribution in [-0.2, 0) is 6.42 Å². The van der Waals surface area contributed by atoms with Crippen LogP contribution >= 0.6 is 0 Å². The number of nitrogens with zero attached hydrogens (tertiary/aromatic N) is 1. The van der Waals surface area contributed by atoms with Crippen LogP contribution in [0.1, 0.15) is 50.3 Å². The Morgan fingerprint density at radius 1 is 1.20 bits per heavy atom. The second-order valence-electron chi connectivity index (χ2n) is 6.09. The van der Waals surface area contributed by atoms with Gasteiger partial charge < -0.3 is 10.2 Å². The van der Waals surface area contributed by atoms with Crippen LogP contribution in [0, 0.1) is 5.92 Å². The lowest BCUT2D eigenvalue weighted by Gasteiger charge is -2.34. The van der Waals surface area contributed by atoms with Gasteiger partial charge in [0.1, 0.15) is 0 Å². The molecule has 2 nitrogen and oxygen atoms in total. The van der Waals surface area contributed by atoms with Gasteiger partial charge in [-0.15, -0.1) is 0 Å². The summed E-state index contributed by atoms with van der Waals surface area (Å²) in [6, 6.07) is 9.55. The fraction of sp³-hybridized carbons (Fsp3) is 0.667. The van der Waals surface area contributed by atoms with Crippen LogP contribution < -0.4 is 5.32 Å².